The van der Waals surface area contributed by atoms with Crippen LogP contribution in [-0.2, 0) is 9.59 Å². The molecule has 0 aromatic heterocycles. The highest BCUT2D eigenvalue weighted by molar-refractivity contribution is 9.10. The molecule has 0 unspecified atom stereocenters. The first-order valence-corrected chi connectivity index (χ1v) is 7.37. The summed E-state index contributed by atoms with van der Waals surface area (Å²) in [5, 5.41) is 6.78. The van der Waals surface area contributed by atoms with Crippen molar-refractivity contribution in [1.29, 1.82) is 0 Å². The quantitative estimate of drug-likeness (QED) is 0.488. The van der Waals surface area contributed by atoms with Gasteiger partial charge in [0.2, 0.25) is 0 Å². The summed E-state index contributed by atoms with van der Waals surface area (Å²) in [6.45, 7) is 0. The van der Waals surface area contributed by atoms with Gasteiger partial charge in [0.05, 0.1) is 6.21 Å². The van der Waals surface area contributed by atoms with Gasteiger partial charge < -0.3 is 5.32 Å². The minimum Gasteiger partial charge on any atom is -0.318 e. The van der Waals surface area contributed by atoms with Gasteiger partial charge in [-0.1, -0.05) is 39.7 Å². The maximum Gasteiger partial charge on any atom is 0.329 e. The third-order valence-corrected chi connectivity index (χ3v) is 3.34. The van der Waals surface area contributed by atoms with Gasteiger partial charge in [0.25, 0.3) is 0 Å². The summed E-state index contributed by atoms with van der Waals surface area (Å²) < 4.78 is 0.877. The summed E-state index contributed by atoms with van der Waals surface area (Å²) in [5.41, 5.74) is 3.42. The number of hydrazone groups is 1. The van der Waals surface area contributed by atoms with E-state index in [1.54, 1.807) is 48.5 Å². The number of anilines is 1. The van der Waals surface area contributed by atoms with Crippen LogP contribution in [0, 0.1) is 0 Å². The molecule has 22 heavy (non-hydrogen) atoms. The normalized spacial score (nSPS) is 10.5. The molecule has 0 saturated heterocycles. The summed E-state index contributed by atoms with van der Waals surface area (Å²) in [7, 11) is 0. The predicted molar refractivity (Wildman–Crippen MR) is 90.0 cm³/mol. The number of benzene rings is 2. The van der Waals surface area contributed by atoms with E-state index in [1.165, 1.54) is 6.21 Å². The Labute approximate surface area is 140 Å². The maximum atomic E-state index is 11.7. The van der Waals surface area contributed by atoms with Gasteiger partial charge in [0.15, 0.2) is 0 Å². The lowest BCUT2D eigenvalue weighted by Gasteiger charge is -2.03. The van der Waals surface area contributed by atoms with Crippen LogP contribution >= 0.6 is 27.5 Å². The highest BCUT2D eigenvalue weighted by Crippen LogP contribution is 2.13. The Morgan fingerprint density at radius 1 is 1.00 bits per heavy atom. The molecule has 2 aromatic rings. The molecular weight excluding hydrogens is 370 g/mol. The maximum absolute atomic E-state index is 11.7. The molecule has 2 amide bonds. The predicted octanol–water partition coefficient (Wildman–Crippen LogP) is 3.19. The van der Waals surface area contributed by atoms with E-state index in [0.29, 0.717) is 10.7 Å². The van der Waals surface area contributed by atoms with Crippen molar-refractivity contribution in [2.24, 2.45) is 5.10 Å². The summed E-state index contributed by atoms with van der Waals surface area (Å²) in [6, 6.07) is 13.7. The highest BCUT2D eigenvalue weighted by atomic mass is 79.9. The van der Waals surface area contributed by atoms with Gasteiger partial charge in [-0.25, -0.2) is 5.43 Å². The van der Waals surface area contributed by atoms with E-state index in [2.05, 4.69) is 31.8 Å². The summed E-state index contributed by atoms with van der Waals surface area (Å²) in [4.78, 5) is 23.2. The summed E-state index contributed by atoms with van der Waals surface area (Å²) >= 11 is 9.04. The van der Waals surface area contributed by atoms with Gasteiger partial charge in [-0.05, 0) is 42.0 Å². The fourth-order valence-electron chi connectivity index (χ4n) is 1.49. The minimum absolute atomic E-state index is 0.519. The van der Waals surface area contributed by atoms with Crippen molar-refractivity contribution in [3.63, 3.8) is 0 Å². The Hall–Kier alpha value is -2.18. The molecule has 0 aliphatic heterocycles. The fraction of sp³-hybridized carbons (Fsp3) is 0. The SMILES string of the molecule is O=C(NN=Cc1ccc(Cl)cc1)C(=O)Nc1ccc(Br)cc1. The molecule has 0 saturated carbocycles. The van der Waals surface area contributed by atoms with Gasteiger partial charge in [0.1, 0.15) is 0 Å². The first-order valence-electron chi connectivity index (χ1n) is 6.20. The Balaban J connectivity index is 1.87. The molecule has 0 spiro atoms. The number of carbonyl (C=O) groups excluding carboxylic acids is 2. The molecule has 0 fully saturated rings. The molecular formula is C15H11BrClN3O2. The van der Waals surface area contributed by atoms with Crippen LogP contribution in [0.15, 0.2) is 58.1 Å². The van der Waals surface area contributed by atoms with Crippen LogP contribution in [0.2, 0.25) is 5.02 Å². The lowest BCUT2D eigenvalue weighted by molar-refractivity contribution is -0.136. The Bertz CT molecular complexity index is 700. The van der Waals surface area contributed by atoms with Crippen LogP contribution in [0.3, 0.4) is 0 Å². The lowest BCUT2D eigenvalue weighted by Crippen LogP contribution is -2.32. The van der Waals surface area contributed by atoms with Crippen molar-refractivity contribution in [2.75, 3.05) is 5.32 Å². The van der Waals surface area contributed by atoms with Gasteiger partial charge in [-0.2, -0.15) is 5.10 Å². The second-order valence-electron chi connectivity index (χ2n) is 4.21. The number of carbonyl (C=O) groups is 2. The average molecular weight is 381 g/mol. The molecule has 7 heteroatoms. The second kappa shape index (κ2) is 7.72. The molecule has 0 heterocycles. The van der Waals surface area contributed by atoms with Crippen LogP contribution in [0.1, 0.15) is 5.56 Å². The number of halogens is 2. The number of hydrogen-bond donors (Lipinski definition) is 2. The van der Waals surface area contributed by atoms with Crippen molar-refractivity contribution in [2.45, 2.75) is 0 Å². The molecule has 0 radical (unpaired) electrons. The Morgan fingerprint density at radius 3 is 2.27 bits per heavy atom. The van der Waals surface area contributed by atoms with Crippen LogP contribution in [0.5, 0.6) is 0 Å². The molecule has 0 atom stereocenters. The smallest absolute Gasteiger partial charge is 0.318 e. The van der Waals surface area contributed by atoms with Gasteiger partial charge in [0, 0.05) is 15.2 Å². The third kappa shape index (κ3) is 4.98. The fourth-order valence-corrected chi connectivity index (χ4v) is 1.88. The van der Waals surface area contributed by atoms with Crippen molar-refractivity contribution in [3.8, 4) is 0 Å². The zero-order valence-corrected chi connectivity index (χ0v) is 13.6. The molecule has 0 aliphatic rings. The number of amides is 2. The van der Waals surface area contributed by atoms with E-state index in [1.807, 2.05) is 0 Å². The van der Waals surface area contributed by atoms with Gasteiger partial charge in [-0.3, -0.25) is 9.59 Å². The topological polar surface area (TPSA) is 70.6 Å². The lowest BCUT2D eigenvalue weighted by atomic mass is 10.2. The number of nitrogens with one attached hydrogen (secondary N) is 2. The zero-order chi connectivity index (χ0) is 15.9. The van der Waals surface area contributed by atoms with E-state index in [9.17, 15) is 9.59 Å². The van der Waals surface area contributed by atoms with Crippen LogP contribution in [0.4, 0.5) is 5.69 Å². The summed E-state index contributed by atoms with van der Waals surface area (Å²) in [6.07, 6.45) is 1.42. The van der Waals surface area contributed by atoms with E-state index in [0.717, 1.165) is 10.0 Å². The van der Waals surface area contributed by atoms with E-state index < -0.39 is 11.8 Å². The van der Waals surface area contributed by atoms with Crippen molar-refractivity contribution in [3.05, 3.63) is 63.6 Å². The molecule has 5 nitrogen and oxygen atoms in total. The van der Waals surface area contributed by atoms with Crippen molar-refractivity contribution >= 4 is 51.2 Å². The molecule has 2 N–H and O–H groups in total. The van der Waals surface area contributed by atoms with Crippen LogP contribution < -0.4 is 10.7 Å². The zero-order valence-electron chi connectivity index (χ0n) is 11.2. The molecule has 2 rings (SSSR count). The van der Waals surface area contributed by atoms with Crippen LogP contribution in [-0.4, -0.2) is 18.0 Å². The minimum atomic E-state index is -0.854. The molecule has 0 bridgehead atoms. The highest BCUT2D eigenvalue weighted by Gasteiger charge is 2.12. The number of nitrogens with zero attached hydrogens (tertiary/aromatic N) is 1. The van der Waals surface area contributed by atoms with Crippen molar-refractivity contribution in [1.82, 2.24) is 5.43 Å². The van der Waals surface area contributed by atoms with Crippen molar-refractivity contribution < 1.29 is 9.59 Å². The van der Waals surface area contributed by atoms with Gasteiger partial charge >= 0.3 is 11.8 Å². The van der Waals surface area contributed by atoms with E-state index in [4.69, 9.17) is 11.6 Å². The monoisotopic (exact) mass is 379 g/mol. The first-order chi connectivity index (χ1) is 10.5. The molecule has 112 valence electrons. The second-order valence-corrected chi connectivity index (χ2v) is 5.56. The Morgan fingerprint density at radius 2 is 1.64 bits per heavy atom. The average Bonchev–Trinajstić information content (AvgIpc) is 2.51. The Kier molecular flexibility index (Phi) is 5.68. The summed E-state index contributed by atoms with van der Waals surface area (Å²) in [5.74, 6) is -1.65. The first kappa shape index (κ1) is 16.2. The molecule has 0 aliphatic carbocycles. The molecule has 2 aromatic carbocycles. The van der Waals surface area contributed by atoms with E-state index >= 15 is 0 Å². The largest absolute Gasteiger partial charge is 0.329 e. The van der Waals surface area contributed by atoms with Crippen LogP contribution in [0.25, 0.3) is 0 Å². The number of rotatable bonds is 3. The number of hydrogen-bond acceptors (Lipinski definition) is 3. The standard InChI is InChI=1S/C15H11BrClN3O2/c16-11-3-7-13(8-4-11)19-14(21)15(22)20-18-9-10-1-5-12(17)6-2-10/h1-9H,(H,19,21)(H,20,22). The van der Waals surface area contributed by atoms with E-state index in [-0.39, 0.29) is 0 Å². The van der Waals surface area contributed by atoms with Gasteiger partial charge in [-0.15, -0.1) is 0 Å². The third-order valence-electron chi connectivity index (χ3n) is 2.56.